The first-order valence-corrected chi connectivity index (χ1v) is 9.04. The van der Waals surface area contributed by atoms with Gasteiger partial charge < -0.3 is 9.64 Å². The van der Waals surface area contributed by atoms with Gasteiger partial charge in [-0.25, -0.2) is 4.68 Å². The van der Waals surface area contributed by atoms with Gasteiger partial charge in [-0.2, -0.15) is 10.1 Å². The molecular formula is C19H24N6O. The van der Waals surface area contributed by atoms with Crippen molar-refractivity contribution in [1.29, 1.82) is 0 Å². The molecule has 0 atom stereocenters. The number of methoxy groups -OCH3 is 1. The highest BCUT2D eigenvalue weighted by Crippen LogP contribution is 2.22. The van der Waals surface area contributed by atoms with Gasteiger partial charge in [0.25, 0.3) is 0 Å². The lowest BCUT2D eigenvalue weighted by Crippen LogP contribution is -2.31. The Bertz CT molecular complexity index is 861. The summed E-state index contributed by atoms with van der Waals surface area (Å²) in [5.41, 5.74) is 2.11. The summed E-state index contributed by atoms with van der Waals surface area (Å²) in [6.45, 7) is 2.82. The average Bonchev–Trinajstić information content (AvgIpc) is 3.30. The Kier molecular flexibility index (Phi) is 4.60. The molecule has 1 aromatic carbocycles. The lowest BCUT2D eigenvalue weighted by molar-refractivity contribution is 0.414. The largest absolute Gasteiger partial charge is 0.497 e. The van der Waals surface area contributed by atoms with E-state index in [2.05, 4.69) is 15.1 Å². The molecule has 0 radical (unpaired) electrons. The predicted octanol–water partition coefficient (Wildman–Crippen LogP) is 2.73. The summed E-state index contributed by atoms with van der Waals surface area (Å²) in [4.78, 5) is 7.08. The van der Waals surface area contributed by atoms with E-state index in [1.807, 2.05) is 53.1 Å². The molecule has 0 saturated carbocycles. The van der Waals surface area contributed by atoms with Gasteiger partial charge in [0.15, 0.2) is 5.82 Å². The zero-order chi connectivity index (χ0) is 17.9. The number of benzene rings is 1. The minimum atomic E-state index is 0.704. The van der Waals surface area contributed by atoms with Gasteiger partial charge in [-0.15, -0.1) is 5.10 Å². The molecule has 1 aliphatic heterocycles. The molecule has 26 heavy (non-hydrogen) atoms. The minimum absolute atomic E-state index is 0.704. The monoisotopic (exact) mass is 352 g/mol. The maximum Gasteiger partial charge on any atom is 0.224 e. The first-order chi connectivity index (χ1) is 12.7. The molecule has 7 heteroatoms. The maximum atomic E-state index is 5.20. The fourth-order valence-electron chi connectivity index (χ4n) is 3.35. The van der Waals surface area contributed by atoms with Gasteiger partial charge in [-0.1, -0.05) is 12.1 Å². The molecule has 0 amide bonds. The number of hydrogen-bond donors (Lipinski definition) is 0. The molecule has 136 valence electrons. The zero-order valence-electron chi connectivity index (χ0n) is 15.3. The van der Waals surface area contributed by atoms with Crippen LogP contribution in [-0.2, 0) is 13.6 Å². The number of aromatic nitrogens is 5. The Morgan fingerprint density at radius 1 is 1.08 bits per heavy atom. The number of hydrogen-bond acceptors (Lipinski definition) is 5. The van der Waals surface area contributed by atoms with E-state index in [1.54, 1.807) is 7.11 Å². The summed E-state index contributed by atoms with van der Waals surface area (Å²) in [5.74, 6) is 2.54. The molecule has 4 rings (SSSR count). The second kappa shape index (κ2) is 7.19. The molecule has 7 nitrogen and oxygen atoms in total. The molecular weight excluding hydrogens is 328 g/mol. The second-order valence-corrected chi connectivity index (χ2v) is 6.68. The summed E-state index contributed by atoms with van der Waals surface area (Å²) in [6, 6.07) is 8.03. The number of aryl methyl sites for hydroxylation is 1. The molecule has 3 heterocycles. The number of rotatable bonds is 5. The average molecular weight is 352 g/mol. The first kappa shape index (κ1) is 16.6. The van der Waals surface area contributed by atoms with Crippen molar-refractivity contribution in [3.8, 4) is 17.1 Å². The molecule has 0 spiro atoms. The number of piperidine rings is 1. The van der Waals surface area contributed by atoms with E-state index in [1.165, 1.54) is 24.8 Å². The normalized spacial score (nSPS) is 14.6. The predicted molar refractivity (Wildman–Crippen MR) is 100 cm³/mol. The van der Waals surface area contributed by atoms with Gasteiger partial charge in [-0.3, -0.25) is 4.68 Å². The van der Waals surface area contributed by atoms with Crippen LogP contribution in [0.15, 0.2) is 36.7 Å². The first-order valence-electron chi connectivity index (χ1n) is 9.04. The van der Waals surface area contributed by atoms with Crippen LogP contribution in [0.25, 0.3) is 11.4 Å². The van der Waals surface area contributed by atoms with Crippen LogP contribution in [0, 0.1) is 0 Å². The highest BCUT2D eigenvalue weighted by molar-refractivity contribution is 5.54. The molecule has 0 aliphatic carbocycles. The Balaban J connectivity index is 1.50. The quantitative estimate of drug-likeness (QED) is 0.707. The smallest absolute Gasteiger partial charge is 0.224 e. The molecule has 0 N–H and O–H groups in total. The Morgan fingerprint density at radius 2 is 1.85 bits per heavy atom. The van der Waals surface area contributed by atoms with Crippen LogP contribution in [0.4, 0.5) is 5.95 Å². The summed E-state index contributed by atoms with van der Waals surface area (Å²) >= 11 is 0. The molecule has 0 bridgehead atoms. The topological polar surface area (TPSA) is 61.0 Å². The number of anilines is 1. The van der Waals surface area contributed by atoms with Crippen molar-refractivity contribution in [3.05, 3.63) is 42.2 Å². The van der Waals surface area contributed by atoms with Crippen LogP contribution in [-0.4, -0.2) is 44.7 Å². The molecule has 2 aromatic heterocycles. The molecule has 1 aliphatic rings. The fourth-order valence-corrected chi connectivity index (χ4v) is 3.35. The van der Waals surface area contributed by atoms with Crippen LogP contribution in [0.1, 0.15) is 24.8 Å². The van der Waals surface area contributed by atoms with Gasteiger partial charge in [-0.05, 0) is 37.0 Å². The van der Waals surface area contributed by atoms with Crippen molar-refractivity contribution in [3.63, 3.8) is 0 Å². The van der Waals surface area contributed by atoms with Crippen LogP contribution in [0.2, 0.25) is 0 Å². The van der Waals surface area contributed by atoms with E-state index < -0.39 is 0 Å². The van der Waals surface area contributed by atoms with Crippen molar-refractivity contribution in [2.75, 3.05) is 25.1 Å². The van der Waals surface area contributed by atoms with Crippen molar-refractivity contribution in [2.45, 2.75) is 25.8 Å². The van der Waals surface area contributed by atoms with Crippen molar-refractivity contribution in [2.24, 2.45) is 7.05 Å². The van der Waals surface area contributed by atoms with E-state index in [0.29, 0.717) is 6.54 Å². The van der Waals surface area contributed by atoms with E-state index >= 15 is 0 Å². The molecule has 0 unspecified atom stereocenters. The van der Waals surface area contributed by atoms with Crippen LogP contribution < -0.4 is 9.64 Å². The minimum Gasteiger partial charge on any atom is -0.497 e. The lowest BCUT2D eigenvalue weighted by Gasteiger charge is -2.26. The number of ether oxygens (including phenoxy) is 1. The lowest BCUT2D eigenvalue weighted by atomic mass is 10.1. The fraction of sp³-hybridized carbons (Fsp3) is 0.421. The third kappa shape index (κ3) is 3.42. The van der Waals surface area contributed by atoms with Crippen LogP contribution in [0.3, 0.4) is 0 Å². The second-order valence-electron chi connectivity index (χ2n) is 6.68. The van der Waals surface area contributed by atoms with E-state index in [0.717, 1.165) is 36.2 Å². The van der Waals surface area contributed by atoms with Crippen LogP contribution in [0.5, 0.6) is 5.75 Å². The Hall–Kier alpha value is -2.83. The van der Waals surface area contributed by atoms with Gasteiger partial charge in [0, 0.05) is 26.3 Å². The van der Waals surface area contributed by atoms with Gasteiger partial charge in [0.05, 0.1) is 25.4 Å². The summed E-state index contributed by atoms with van der Waals surface area (Å²) < 4.78 is 8.99. The molecule has 1 fully saturated rings. The third-order valence-corrected chi connectivity index (χ3v) is 4.77. The third-order valence-electron chi connectivity index (χ3n) is 4.77. The van der Waals surface area contributed by atoms with Gasteiger partial charge in [0.2, 0.25) is 5.95 Å². The van der Waals surface area contributed by atoms with Crippen molar-refractivity contribution < 1.29 is 4.74 Å². The Morgan fingerprint density at radius 3 is 2.58 bits per heavy atom. The highest BCUT2D eigenvalue weighted by Gasteiger charge is 2.18. The zero-order valence-corrected chi connectivity index (χ0v) is 15.3. The van der Waals surface area contributed by atoms with Crippen LogP contribution >= 0.6 is 0 Å². The summed E-state index contributed by atoms with van der Waals surface area (Å²) in [7, 11) is 3.63. The van der Waals surface area contributed by atoms with Crippen molar-refractivity contribution >= 4 is 5.95 Å². The maximum absolute atomic E-state index is 5.20. The van der Waals surface area contributed by atoms with E-state index in [-0.39, 0.29) is 0 Å². The standard InChI is InChI=1S/C19H24N6O/c1-23-19(24-10-4-3-5-11-24)21-18(22-23)16-12-20-25(14-16)13-15-6-8-17(26-2)9-7-15/h6-9,12,14H,3-5,10-11,13H2,1-2H3. The van der Waals surface area contributed by atoms with Crippen molar-refractivity contribution in [1.82, 2.24) is 24.5 Å². The van der Waals surface area contributed by atoms with E-state index in [9.17, 15) is 0 Å². The summed E-state index contributed by atoms with van der Waals surface area (Å²) in [5, 5.41) is 9.06. The van der Waals surface area contributed by atoms with E-state index in [4.69, 9.17) is 9.72 Å². The SMILES string of the molecule is COc1ccc(Cn2cc(-c3nc(N4CCCCC4)n(C)n3)cn2)cc1. The molecule has 3 aromatic rings. The summed E-state index contributed by atoms with van der Waals surface area (Å²) in [6.07, 6.45) is 7.59. The van der Waals surface area contributed by atoms with Gasteiger partial charge >= 0.3 is 0 Å². The highest BCUT2D eigenvalue weighted by atomic mass is 16.5. The Labute approximate surface area is 153 Å². The number of nitrogens with zero attached hydrogens (tertiary/aromatic N) is 6. The molecule has 1 saturated heterocycles. The van der Waals surface area contributed by atoms with Gasteiger partial charge in [0.1, 0.15) is 5.75 Å².